The molecule has 0 saturated heterocycles. The molecule has 2 aromatic heterocycles. The van der Waals surface area contributed by atoms with Crippen molar-refractivity contribution in [2.45, 2.75) is 45.3 Å². The van der Waals surface area contributed by atoms with Gasteiger partial charge in [0.15, 0.2) is 4.83 Å². The fourth-order valence-electron chi connectivity index (χ4n) is 3.71. The van der Waals surface area contributed by atoms with E-state index in [9.17, 15) is 22.8 Å². The molecule has 1 amide bonds. The highest BCUT2D eigenvalue weighted by atomic mass is 32.1. The molecule has 0 radical (unpaired) electrons. The zero-order chi connectivity index (χ0) is 21.6. The number of halogens is 3. The lowest BCUT2D eigenvalue weighted by Crippen LogP contribution is -2.34. The fourth-order valence-corrected chi connectivity index (χ4v) is 5.03. The van der Waals surface area contributed by atoms with Gasteiger partial charge >= 0.3 is 6.18 Å². The van der Waals surface area contributed by atoms with Crippen LogP contribution in [0.3, 0.4) is 0 Å². The number of aromatic nitrogens is 3. The first-order valence-electron chi connectivity index (χ1n) is 9.53. The molecule has 158 valence electrons. The molecule has 30 heavy (non-hydrogen) atoms. The van der Waals surface area contributed by atoms with Crippen LogP contribution in [0.5, 0.6) is 0 Å². The van der Waals surface area contributed by atoms with E-state index in [1.54, 1.807) is 0 Å². The molecule has 6 nitrogen and oxygen atoms in total. The van der Waals surface area contributed by atoms with Crippen LogP contribution < -0.4 is 10.9 Å². The van der Waals surface area contributed by atoms with E-state index in [2.05, 4.69) is 22.6 Å². The fraction of sp³-hybridized carbons (Fsp3) is 0.400. The van der Waals surface area contributed by atoms with Crippen molar-refractivity contribution < 1.29 is 18.0 Å². The van der Waals surface area contributed by atoms with Crippen LogP contribution in [0.1, 0.15) is 42.3 Å². The molecule has 2 heterocycles. The van der Waals surface area contributed by atoms with Gasteiger partial charge < -0.3 is 5.32 Å². The maximum absolute atomic E-state index is 13.2. The number of anilines is 1. The molecular formula is C20H19F3N4O2S. The molecule has 0 fully saturated rings. The summed E-state index contributed by atoms with van der Waals surface area (Å²) in [5.74, 6) is -0.251. The number of carbonyl (C=O) groups is 1. The smallest absolute Gasteiger partial charge is 0.324 e. The number of thiophene rings is 1. The van der Waals surface area contributed by atoms with Gasteiger partial charge in [0.05, 0.1) is 16.6 Å². The minimum Gasteiger partial charge on any atom is -0.324 e. The van der Waals surface area contributed by atoms with E-state index < -0.39 is 29.2 Å². The Hall–Kier alpha value is -2.75. The number of para-hydroxylation sites is 1. The van der Waals surface area contributed by atoms with E-state index in [1.807, 2.05) is 0 Å². The Balaban J connectivity index is 1.67. The number of rotatable bonds is 3. The lowest BCUT2D eigenvalue weighted by molar-refractivity contribution is -0.137. The molecule has 2 unspecified atom stereocenters. The number of amides is 1. The van der Waals surface area contributed by atoms with E-state index in [0.717, 1.165) is 40.5 Å². The van der Waals surface area contributed by atoms with Crippen LogP contribution in [-0.4, -0.2) is 20.9 Å². The zero-order valence-corrected chi connectivity index (χ0v) is 17.1. The van der Waals surface area contributed by atoms with Gasteiger partial charge in [-0.3, -0.25) is 9.59 Å². The normalized spacial score (nSPS) is 17.6. The third-order valence-electron chi connectivity index (χ3n) is 5.38. The minimum absolute atomic E-state index is 0.370. The second-order valence-electron chi connectivity index (χ2n) is 7.58. The van der Waals surface area contributed by atoms with Gasteiger partial charge in [0.2, 0.25) is 5.91 Å². The van der Waals surface area contributed by atoms with E-state index in [1.165, 1.54) is 36.5 Å². The first-order valence-corrected chi connectivity index (χ1v) is 10.3. The van der Waals surface area contributed by atoms with Crippen molar-refractivity contribution in [3.8, 4) is 0 Å². The summed E-state index contributed by atoms with van der Waals surface area (Å²) in [5, 5.41) is 10.7. The Morgan fingerprint density at radius 2 is 2.07 bits per heavy atom. The summed E-state index contributed by atoms with van der Waals surface area (Å²) in [5.41, 5.74) is -0.818. The molecule has 0 aliphatic heterocycles. The lowest BCUT2D eigenvalue weighted by Gasteiger charge is -2.18. The molecule has 1 N–H and O–H groups in total. The largest absolute Gasteiger partial charge is 0.418 e. The van der Waals surface area contributed by atoms with E-state index in [4.69, 9.17) is 0 Å². The Labute approximate surface area is 173 Å². The highest BCUT2D eigenvalue weighted by molar-refractivity contribution is 7.18. The highest BCUT2D eigenvalue weighted by Crippen LogP contribution is 2.36. The maximum atomic E-state index is 13.2. The average Bonchev–Trinajstić information content (AvgIpc) is 3.05. The van der Waals surface area contributed by atoms with Gasteiger partial charge in [0, 0.05) is 4.88 Å². The quantitative estimate of drug-likeness (QED) is 0.668. The van der Waals surface area contributed by atoms with Gasteiger partial charge in [0.25, 0.3) is 5.56 Å². The second kappa shape index (κ2) is 7.50. The monoisotopic (exact) mass is 436 g/mol. The summed E-state index contributed by atoms with van der Waals surface area (Å²) in [4.78, 5) is 27.4. The van der Waals surface area contributed by atoms with Gasteiger partial charge in [-0.25, -0.2) is 0 Å². The molecule has 3 aromatic rings. The van der Waals surface area contributed by atoms with Crippen LogP contribution in [-0.2, 0) is 23.8 Å². The molecule has 1 aliphatic rings. The topological polar surface area (TPSA) is 76.9 Å². The van der Waals surface area contributed by atoms with Crippen LogP contribution >= 0.6 is 11.3 Å². The third kappa shape index (κ3) is 3.60. The number of alkyl halides is 3. The lowest BCUT2D eigenvalue weighted by atomic mass is 9.89. The van der Waals surface area contributed by atoms with E-state index in [0.29, 0.717) is 16.1 Å². The standard InChI is InChI=1S/C20H19F3N4O2S/c1-10-7-8-12-15(9-10)30-18-16(12)19(29)27(26-25-18)11(2)17(28)24-14-6-4-3-5-13(14)20(21,22)23/h3-6,10-11H,7-9H2,1-2H3,(H,24,28). The van der Waals surface area contributed by atoms with Gasteiger partial charge in [-0.05, 0) is 49.8 Å². The van der Waals surface area contributed by atoms with Crippen molar-refractivity contribution in [3.63, 3.8) is 0 Å². The Kier molecular flexibility index (Phi) is 5.13. The van der Waals surface area contributed by atoms with Crippen molar-refractivity contribution in [3.05, 3.63) is 50.6 Å². The van der Waals surface area contributed by atoms with Crippen LogP contribution in [0, 0.1) is 5.92 Å². The molecule has 0 bridgehead atoms. The van der Waals surface area contributed by atoms with Crippen molar-refractivity contribution in [2.24, 2.45) is 5.92 Å². The van der Waals surface area contributed by atoms with Crippen molar-refractivity contribution in [2.75, 3.05) is 5.32 Å². The summed E-state index contributed by atoms with van der Waals surface area (Å²) >= 11 is 1.44. The number of nitrogens with zero attached hydrogens (tertiary/aromatic N) is 3. The van der Waals surface area contributed by atoms with Gasteiger partial charge in [0.1, 0.15) is 6.04 Å². The molecule has 1 aliphatic carbocycles. The molecule has 10 heteroatoms. The summed E-state index contributed by atoms with van der Waals surface area (Å²) in [6, 6.07) is 3.56. The molecular weight excluding hydrogens is 417 g/mol. The summed E-state index contributed by atoms with van der Waals surface area (Å²) in [6.07, 6.45) is -2.02. The second-order valence-corrected chi connectivity index (χ2v) is 8.66. The molecule has 0 spiro atoms. The molecule has 4 rings (SSSR count). The van der Waals surface area contributed by atoms with Gasteiger partial charge in [-0.15, -0.1) is 16.4 Å². The first kappa shape index (κ1) is 20.5. The Morgan fingerprint density at radius 3 is 2.80 bits per heavy atom. The number of benzene rings is 1. The summed E-state index contributed by atoms with van der Waals surface area (Å²) in [6.45, 7) is 3.57. The van der Waals surface area contributed by atoms with Gasteiger partial charge in [-0.1, -0.05) is 24.3 Å². The Bertz CT molecular complexity index is 1180. The number of nitrogens with one attached hydrogen (secondary N) is 1. The first-order chi connectivity index (χ1) is 14.2. The predicted molar refractivity (Wildman–Crippen MR) is 108 cm³/mol. The van der Waals surface area contributed by atoms with Crippen LogP contribution in [0.15, 0.2) is 29.1 Å². The molecule has 2 atom stereocenters. The third-order valence-corrected chi connectivity index (χ3v) is 6.52. The number of carbonyl (C=O) groups excluding carboxylic acids is 1. The maximum Gasteiger partial charge on any atom is 0.418 e. The molecule has 0 saturated carbocycles. The van der Waals surface area contributed by atoms with Crippen molar-refractivity contribution in [1.82, 2.24) is 15.0 Å². The predicted octanol–water partition coefficient (Wildman–Crippen LogP) is 4.20. The number of aryl methyl sites for hydroxylation is 1. The highest BCUT2D eigenvalue weighted by Gasteiger charge is 2.34. The Morgan fingerprint density at radius 1 is 1.33 bits per heavy atom. The zero-order valence-electron chi connectivity index (χ0n) is 16.3. The van der Waals surface area contributed by atoms with E-state index in [-0.39, 0.29) is 5.69 Å². The van der Waals surface area contributed by atoms with Crippen molar-refractivity contribution >= 4 is 33.1 Å². The van der Waals surface area contributed by atoms with Crippen molar-refractivity contribution in [1.29, 1.82) is 0 Å². The van der Waals surface area contributed by atoms with Crippen LogP contribution in [0.4, 0.5) is 18.9 Å². The average molecular weight is 436 g/mol. The summed E-state index contributed by atoms with van der Waals surface area (Å²) in [7, 11) is 0. The minimum atomic E-state index is -4.62. The molecule has 1 aromatic carbocycles. The number of hydrogen-bond acceptors (Lipinski definition) is 5. The number of hydrogen-bond donors (Lipinski definition) is 1. The summed E-state index contributed by atoms with van der Waals surface area (Å²) < 4.78 is 40.5. The SMILES string of the molecule is CC1CCc2c(sc3nnn(C(C)C(=O)Nc4ccccc4C(F)(F)F)c(=O)c23)C1. The van der Waals surface area contributed by atoms with Gasteiger partial charge in [-0.2, -0.15) is 17.9 Å². The van der Waals surface area contributed by atoms with Crippen LogP contribution in [0.25, 0.3) is 10.2 Å². The van der Waals surface area contributed by atoms with Crippen LogP contribution in [0.2, 0.25) is 0 Å². The number of fused-ring (bicyclic) bond motifs is 3. The van der Waals surface area contributed by atoms with E-state index >= 15 is 0 Å².